The Labute approximate surface area is 113 Å². The van der Waals surface area contributed by atoms with E-state index in [1.54, 1.807) is 0 Å². The van der Waals surface area contributed by atoms with Crippen molar-refractivity contribution in [2.24, 2.45) is 11.8 Å². The molecular formula is C16H21NO2. The van der Waals surface area contributed by atoms with Crippen molar-refractivity contribution < 1.29 is 5.11 Å². The van der Waals surface area contributed by atoms with Gasteiger partial charge >= 0.3 is 0 Å². The first-order valence-electron chi connectivity index (χ1n) is 6.74. The fourth-order valence-corrected chi connectivity index (χ4v) is 2.31. The Morgan fingerprint density at radius 3 is 2.63 bits per heavy atom. The van der Waals surface area contributed by atoms with Crippen molar-refractivity contribution in [1.82, 2.24) is 4.98 Å². The minimum absolute atomic E-state index is 0.0318. The first-order valence-corrected chi connectivity index (χ1v) is 6.74. The van der Waals surface area contributed by atoms with Crippen molar-refractivity contribution in [3.63, 3.8) is 0 Å². The van der Waals surface area contributed by atoms with Gasteiger partial charge in [-0.2, -0.15) is 0 Å². The van der Waals surface area contributed by atoms with Crippen molar-refractivity contribution in [3.05, 3.63) is 45.7 Å². The lowest BCUT2D eigenvalue weighted by Gasteiger charge is -2.18. The number of aliphatic hydroxyl groups is 1. The maximum absolute atomic E-state index is 11.5. The first kappa shape index (κ1) is 13.8. The van der Waals surface area contributed by atoms with Crippen LogP contribution in [0.15, 0.2) is 29.1 Å². The molecule has 2 aromatic rings. The van der Waals surface area contributed by atoms with Gasteiger partial charge in [0.15, 0.2) is 0 Å². The molecule has 0 aliphatic rings. The standard InChI is InChI=1S/C16H21NO2/c1-10(2)14(9-18)8-12-4-5-15-13(7-12)6-11(3)16(19)17-15/h4-7,10,14,18H,8-9H2,1-3H3,(H,17,19). The molecule has 2 rings (SSSR count). The van der Waals surface area contributed by atoms with Crippen LogP contribution in [-0.4, -0.2) is 16.7 Å². The smallest absolute Gasteiger partial charge is 0.251 e. The fraction of sp³-hybridized carbons (Fsp3) is 0.438. The van der Waals surface area contributed by atoms with Crippen LogP contribution in [0.5, 0.6) is 0 Å². The molecule has 0 amide bonds. The van der Waals surface area contributed by atoms with E-state index in [9.17, 15) is 9.90 Å². The molecule has 3 heteroatoms. The topological polar surface area (TPSA) is 53.1 Å². The van der Waals surface area contributed by atoms with E-state index >= 15 is 0 Å². The molecule has 0 radical (unpaired) electrons. The number of rotatable bonds is 4. The van der Waals surface area contributed by atoms with Crippen molar-refractivity contribution in [1.29, 1.82) is 0 Å². The SMILES string of the molecule is Cc1cc2cc(CC(CO)C(C)C)ccc2[nH]c1=O. The Balaban J connectivity index is 2.36. The van der Waals surface area contributed by atoms with Gasteiger partial charge in [0.05, 0.1) is 0 Å². The number of hydrogen-bond acceptors (Lipinski definition) is 2. The molecule has 0 bridgehead atoms. The number of pyridine rings is 1. The number of aliphatic hydroxyl groups excluding tert-OH is 1. The molecule has 3 nitrogen and oxygen atoms in total. The van der Waals surface area contributed by atoms with Crippen molar-refractivity contribution in [3.8, 4) is 0 Å². The van der Waals surface area contributed by atoms with Gasteiger partial charge in [-0.25, -0.2) is 0 Å². The van der Waals surface area contributed by atoms with Gasteiger partial charge in [0.1, 0.15) is 0 Å². The molecule has 102 valence electrons. The van der Waals surface area contributed by atoms with Crippen LogP contribution in [0.2, 0.25) is 0 Å². The lowest BCUT2D eigenvalue weighted by molar-refractivity contribution is 0.189. The zero-order valence-corrected chi connectivity index (χ0v) is 11.7. The van der Waals surface area contributed by atoms with Crippen LogP contribution in [0.3, 0.4) is 0 Å². The van der Waals surface area contributed by atoms with Gasteiger partial charge < -0.3 is 10.1 Å². The van der Waals surface area contributed by atoms with Crippen LogP contribution in [-0.2, 0) is 6.42 Å². The number of nitrogens with one attached hydrogen (secondary N) is 1. The average Bonchev–Trinajstić information content (AvgIpc) is 2.37. The van der Waals surface area contributed by atoms with Gasteiger partial charge in [0, 0.05) is 17.7 Å². The molecule has 0 saturated heterocycles. The third kappa shape index (κ3) is 3.04. The predicted molar refractivity (Wildman–Crippen MR) is 78.4 cm³/mol. The molecular weight excluding hydrogens is 238 g/mol. The second-order valence-electron chi connectivity index (χ2n) is 5.59. The maximum atomic E-state index is 11.5. The molecule has 1 unspecified atom stereocenters. The maximum Gasteiger partial charge on any atom is 0.251 e. The Hall–Kier alpha value is -1.61. The second-order valence-corrected chi connectivity index (χ2v) is 5.59. The number of H-pyrrole nitrogens is 1. The zero-order chi connectivity index (χ0) is 14.0. The number of aryl methyl sites for hydroxylation is 1. The van der Waals surface area contributed by atoms with Crippen LogP contribution in [0.25, 0.3) is 10.9 Å². The van der Waals surface area contributed by atoms with Gasteiger partial charge in [-0.05, 0) is 54.3 Å². The summed E-state index contributed by atoms with van der Waals surface area (Å²) in [5, 5.41) is 10.5. The molecule has 0 saturated carbocycles. The van der Waals surface area contributed by atoms with Crippen molar-refractivity contribution in [2.45, 2.75) is 27.2 Å². The van der Waals surface area contributed by atoms with E-state index in [1.165, 1.54) is 5.56 Å². The van der Waals surface area contributed by atoms with Crippen molar-refractivity contribution >= 4 is 10.9 Å². The van der Waals surface area contributed by atoms with Crippen LogP contribution in [0.4, 0.5) is 0 Å². The van der Waals surface area contributed by atoms with Gasteiger partial charge in [-0.3, -0.25) is 4.79 Å². The summed E-state index contributed by atoms with van der Waals surface area (Å²) in [6, 6.07) is 7.99. The highest BCUT2D eigenvalue weighted by atomic mass is 16.3. The zero-order valence-electron chi connectivity index (χ0n) is 11.7. The summed E-state index contributed by atoms with van der Waals surface area (Å²) in [7, 11) is 0. The highest BCUT2D eigenvalue weighted by Crippen LogP contribution is 2.20. The fourth-order valence-electron chi connectivity index (χ4n) is 2.31. The van der Waals surface area contributed by atoms with E-state index in [2.05, 4.69) is 24.9 Å². The van der Waals surface area contributed by atoms with E-state index in [0.717, 1.165) is 22.9 Å². The quantitative estimate of drug-likeness (QED) is 0.887. The number of hydrogen-bond donors (Lipinski definition) is 2. The monoisotopic (exact) mass is 259 g/mol. The average molecular weight is 259 g/mol. The molecule has 1 aromatic heterocycles. The van der Waals surface area contributed by atoms with E-state index in [0.29, 0.717) is 5.92 Å². The van der Waals surface area contributed by atoms with E-state index in [1.807, 2.05) is 25.1 Å². The van der Waals surface area contributed by atoms with Crippen LogP contribution < -0.4 is 5.56 Å². The number of aromatic amines is 1. The van der Waals surface area contributed by atoms with Crippen LogP contribution in [0, 0.1) is 18.8 Å². The van der Waals surface area contributed by atoms with Gasteiger partial charge in [0.25, 0.3) is 5.56 Å². The Morgan fingerprint density at radius 1 is 1.26 bits per heavy atom. The Bertz CT molecular complexity index is 628. The molecule has 0 fully saturated rings. The summed E-state index contributed by atoms with van der Waals surface area (Å²) in [5.41, 5.74) is 2.76. The summed E-state index contributed by atoms with van der Waals surface area (Å²) in [6.07, 6.45) is 0.863. The summed E-state index contributed by atoms with van der Waals surface area (Å²) in [5.74, 6) is 0.735. The predicted octanol–water partition coefficient (Wildman–Crippen LogP) is 2.64. The normalized spacial score (nSPS) is 13.1. The lowest BCUT2D eigenvalue weighted by atomic mass is 9.89. The number of fused-ring (bicyclic) bond motifs is 1. The van der Waals surface area contributed by atoms with Gasteiger partial charge in [0.2, 0.25) is 0 Å². The van der Waals surface area contributed by atoms with E-state index in [-0.39, 0.29) is 18.1 Å². The Kier molecular flexibility index (Phi) is 4.05. The third-order valence-electron chi connectivity index (χ3n) is 3.77. The summed E-state index contributed by atoms with van der Waals surface area (Å²) >= 11 is 0. The minimum Gasteiger partial charge on any atom is -0.396 e. The highest BCUT2D eigenvalue weighted by Gasteiger charge is 2.13. The van der Waals surface area contributed by atoms with Gasteiger partial charge in [-0.1, -0.05) is 19.9 Å². The molecule has 2 N–H and O–H groups in total. The summed E-state index contributed by atoms with van der Waals surface area (Å²) < 4.78 is 0. The minimum atomic E-state index is -0.0318. The molecule has 19 heavy (non-hydrogen) atoms. The number of aromatic nitrogens is 1. The molecule has 0 aliphatic carbocycles. The second kappa shape index (κ2) is 5.57. The third-order valence-corrected chi connectivity index (χ3v) is 3.77. The van der Waals surface area contributed by atoms with Crippen molar-refractivity contribution in [2.75, 3.05) is 6.61 Å². The lowest BCUT2D eigenvalue weighted by Crippen LogP contribution is -2.16. The molecule has 1 aromatic carbocycles. The summed E-state index contributed by atoms with van der Waals surface area (Å²) in [4.78, 5) is 14.4. The Morgan fingerprint density at radius 2 is 2.00 bits per heavy atom. The van der Waals surface area contributed by atoms with E-state index in [4.69, 9.17) is 0 Å². The molecule has 0 spiro atoms. The molecule has 1 heterocycles. The summed E-state index contributed by atoms with van der Waals surface area (Å²) in [6.45, 7) is 6.28. The van der Waals surface area contributed by atoms with E-state index < -0.39 is 0 Å². The molecule has 1 atom stereocenters. The highest BCUT2D eigenvalue weighted by molar-refractivity contribution is 5.79. The van der Waals surface area contributed by atoms with Crippen LogP contribution in [0.1, 0.15) is 25.0 Å². The van der Waals surface area contributed by atoms with Crippen LogP contribution >= 0.6 is 0 Å². The first-order chi connectivity index (χ1) is 9.01. The molecule has 0 aliphatic heterocycles. The largest absolute Gasteiger partial charge is 0.396 e. The van der Waals surface area contributed by atoms with Gasteiger partial charge in [-0.15, -0.1) is 0 Å². The number of benzene rings is 1.